The van der Waals surface area contributed by atoms with E-state index in [4.69, 9.17) is 0 Å². The van der Waals surface area contributed by atoms with Gasteiger partial charge in [0.25, 0.3) is 0 Å². The van der Waals surface area contributed by atoms with Gasteiger partial charge in [-0.3, -0.25) is 0 Å². The number of aliphatic hydroxyl groups is 2. The Morgan fingerprint density at radius 2 is 1.61 bits per heavy atom. The molecule has 4 fully saturated rings. The largest absolute Gasteiger partial charge is 0.393 e. The maximum absolute atomic E-state index is 10.5. The van der Waals surface area contributed by atoms with E-state index in [-0.39, 0.29) is 6.10 Å². The maximum Gasteiger partial charge on any atom is 0.0622 e. The van der Waals surface area contributed by atoms with Crippen LogP contribution in [0.2, 0.25) is 0 Å². The van der Waals surface area contributed by atoms with E-state index in [2.05, 4.69) is 13.8 Å². The van der Waals surface area contributed by atoms with Crippen LogP contribution in [0.15, 0.2) is 0 Å². The Morgan fingerprint density at radius 1 is 0.870 bits per heavy atom. The van der Waals surface area contributed by atoms with E-state index in [1.807, 2.05) is 6.92 Å². The van der Waals surface area contributed by atoms with Crippen molar-refractivity contribution in [2.45, 2.75) is 90.3 Å². The second-order valence-electron chi connectivity index (χ2n) is 10.1. The molecular weight excluding hydrogens is 284 g/mol. The molecule has 0 heterocycles. The predicted molar refractivity (Wildman–Crippen MR) is 92.9 cm³/mol. The smallest absolute Gasteiger partial charge is 0.0622 e. The molecule has 4 aliphatic rings. The fourth-order valence-electron chi connectivity index (χ4n) is 7.91. The third-order valence-corrected chi connectivity index (χ3v) is 8.89. The van der Waals surface area contributed by atoms with Crippen LogP contribution in [-0.4, -0.2) is 21.9 Å². The number of hydrogen-bond donors (Lipinski definition) is 2. The van der Waals surface area contributed by atoms with Gasteiger partial charge >= 0.3 is 0 Å². The van der Waals surface area contributed by atoms with Crippen molar-refractivity contribution in [1.82, 2.24) is 0 Å². The zero-order valence-electron chi connectivity index (χ0n) is 15.3. The molecule has 0 amide bonds. The molecule has 0 spiro atoms. The summed E-state index contributed by atoms with van der Waals surface area (Å²) in [6.07, 6.45) is 11.2. The SMILES string of the molecule is CC(O)C1CC[C@H]2[C@@H]3CC[C@@H]4C[C@](C)(O)CC[C@@H]4[C@H]3CC[C@]12C. The molecule has 4 aliphatic carbocycles. The summed E-state index contributed by atoms with van der Waals surface area (Å²) in [5.41, 5.74) is -0.00963. The van der Waals surface area contributed by atoms with Gasteiger partial charge in [0.2, 0.25) is 0 Å². The third kappa shape index (κ3) is 2.51. The van der Waals surface area contributed by atoms with Crippen LogP contribution in [-0.2, 0) is 0 Å². The molecule has 2 heteroatoms. The van der Waals surface area contributed by atoms with Gasteiger partial charge in [0.1, 0.15) is 0 Å². The summed E-state index contributed by atoms with van der Waals surface area (Å²) < 4.78 is 0. The van der Waals surface area contributed by atoms with Crippen LogP contribution in [0.4, 0.5) is 0 Å². The van der Waals surface area contributed by atoms with Crippen molar-refractivity contribution in [3.05, 3.63) is 0 Å². The van der Waals surface area contributed by atoms with E-state index in [9.17, 15) is 10.2 Å². The van der Waals surface area contributed by atoms with E-state index >= 15 is 0 Å². The lowest BCUT2D eigenvalue weighted by Crippen LogP contribution is -2.51. The van der Waals surface area contributed by atoms with Gasteiger partial charge in [0.15, 0.2) is 0 Å². The van der Waals surface area contributed by atoms with Crippen molar-refractivity contribution in [2.24, 2.45) is 40.9 Å². The molecule has 132 valence electrons. The van der Waals surface area contributed by atoms with Crippen molar-refractivity contribution < 1.29 is 10.2 Å². The normalized spacial score (nSPS) is 57.3. The Labute approximate surface area is 142 Å². The van der Waals surface area contributed by atoms with E-state index < -0.39 is 5.60 Å². The van der Waals surface area contributed by atoms with Crippen LogP contribution in [0.1, 0.15) is 78.6 Å². The lowest BCUT2D eigenvalue weighted by atomic mass is 9.49. The molecule has 23 heavy (non-hydrogen) atoms. The quantitative estimate of drug-likeness (QED) is 0.752. The zero-order chi connectivity index (χ0) is 16.4. The molecule has 4 rings (SSSR count). The average molecular weight is 321 g/mol. The number of rotatable bonds is 1. The van der Waals surface area contributed by atoms with Gasteiger partial charge in [-0.1, -0.05) is 6.92 Å². The molecule has 0 radical (unpaired) electrons. The lowest BCUT2D eigenvalue weighted by molar-refractivity contribution is -0.106. The van der Waals surface area contributed by atoms with Crippen LogP contribution in [0.5, 0.6) is 0 Å². The topological polar surface area (TPSA) is 40.5 Å². The van der Waals surface area contributed by atoms with Crippen molar-refractivity contribution in [3.63, 3.8) is 0 Å². The van der Waals surface area contributed by atoms with Crippen molar-refractivity contribution in [2.75, 3.05) is 0 Å². The minimum Gasteiger partial charge on any atom is -0.393 e. The number of hydrogen-bond acceptors (Lipinski definition) is 2. The van der Waals surface area contributed by atoms with Crippen LogP contribution in [0.3, 0.4) is 0 Å². The van der Waals surface area contributed by atoms with Crippen LogP contribution in [0.25, 0.3) is 0 Å². The molecule has 0 bridgehead atoms. The summed E-state index contributed by atoms with van der Waals surface area (Å²) in [7, 11) is 0. The van der Waals surface area contributed by atoms with Crippen LogP contribution >= 0.6 is 0 Å². The van der Waals surface area contributed by atoms with Crippen LogP contribution in [0, 0.1) is 40.9 Å². The first-order valence-corrected chi connectivity index (χ1v) is 10.2. The molecule has 0 aliphatic heterocycles. The van der Waals surface area contributed by atoms with Crippen molar-refractivity contribution in [3.8, 4) is 0 Å². The Hall–Kier alpha value is -0.0800. The lowest BCUT2D eigenvalue weighted by Gasteiger charge is -2.57. The van der Waals surface area contributed by atoms with Crippen LogP contribution < -0.4 is 0 Å². The summed E-state index contributed by atoms with van der Waals surface area (Å²) in [4.78, 5) is 0. The first-order chi connectivity index (χ1) is 10.8. The first-order valence-electron chi connectivity index (χ1n) is 10.2. The van der Waals surface area contributed by atoms with E-state index in [1.165, 1.54) is 44.9 Å². The highest BCUT2D eigenvalue weighted by Crippen LogP contribution is 2.65. The summed E-state index contributed by atoms with van der Waals surface area (Å²) in [5, 5.41) is 20.7. The highest BCUT2D eigenvalue weighted by molar-refractivity contribution is 5.07. The Morgan fingerprint density at radius 3 is 2.35 bits per heavy atom. The molecular formula is C21H36O2. The Bertz CT molecular complexity index is 457. The Kier molecular flexibility index (Phi) is 3.89. The molecule has 2 N–H and O–H groups in total. The molecule has 0 aromatic rings. The van der Waals surface area contributed by atoms with E-state index in [1.54, 1.807) is 0 Å². The van der Waals surface area contributed by atoms with Crippen molar-refractivity contribution in [1.29, 1.82) is 0 Å². The van der Waals surface area contributed by atoms with Gasteiger partial charge in [0, 0.05) is 0 Å². The second kappa shape index (κ2) is 5.46. The molecule has 9 atom stereocenters. The summed E-state index contributed by atoms with van der Waals surface area (Å²) in [6, 6.07) is 0. The van der Waals surface area contributed by atoms with Gasteiger partial charge in [-0.25, -0.2) is 0 Å². The summed E-state index contributed by atoms with van der Waals surface area (Å²) in [6.45, 7) is 6.57. The molecule has 0 saturated heterocycles. The first kappa shape index (κ1) is 16.4. The standard InChI is InChI=1S/C21H36O2/c1-13(22)18-6-7-19-17-5-4-14-12-20(2,23)10-8-15(14)16(17)9-11-21(18,19)3/h13-19,22-23H,4-12H2,1-3H3/t13?,14-,15+,16-,17-,18?,19+,20-,21-/m1/s1. The van der Waals surface area contributed by atoms with Gasteiger partial charge in [-0.2, -0.15) is 0 Å². The highest BCUT2D eigenvalue weighted by atomic mass is 16.3. The minimum absolute atomic E-state index is 0.136. The predicted octanol–water partition coefficient (Wildman–Crippen LogP) is 4.39. The van der Waals surface area contributed by atoms with E-state index in [0.29, 0.717) is 11.3 Å². The molecule has 0 aromatic carbocycles. The third-order valence-electron chi connectivity index (χ3n) is 8.89. The fraction of sp³-hybridized carbons (Fsp3) is 1.00. The molecule has 0 aromatic heterocycles. The van der Waals surface area contributed by atoms with Gasteiger partial charge in [-0.05, 0) is 113 Å². The van der Waals surface area contributed by atoms with Crippen molar-refractivity contribution >= 4 is 0 Å². The van der Waals surface area contributed by atoms with E-state index in [0.717, 1.165) is 42.4 Å². The zero-order valence-corrected chi connectivity index (χ0v) is 15.3. The Balaban J connectivity index is 1.54. The fourth-order valence-corrected chi connectivity index (χ4v) is 7.91. The number of fused-ring (bicyclic) bond motifs is 5. The van der Waals surface area contributed by atoms with Gasteiger partial charge < -0.3 is 10.2 Å². The molecule has 4 saturated carbocycles. The highest BCUT2D eigenvalue weighted by Gasteiger charge is 2.58. The number of aliphatic hydroxyl groups excluding tert-OH is 1. The maximum atomic E-state index is 10.5. The summed E-state index contributed by atoms with van der Waals surface area (Å²) >= 11 is 0. The molecule has 2 unspecified atom stereocenters. The second-order valence-corrected chi connectivity index (χ2v) is 10.1. The molecule has 2 nitrogen and oxygen atoms in total. The average Bonchev–Trinajstić information content (AvgIpc) is 2.83. The monoisotopic (exact) mass is 320 g/mol. The summed E-state index contributed by atoms with van der Waals surface area (Å²) in [5.74, 6) is 4.85. The minimum atomic E-state index is -0.401. The van der Waals surface area contributed by atoms with Gasteiger partial charge in [0.05, 0.1) is 11.7 Å². The van der Waals surface area contributed by atoms with Gasteiger partial charge in [-0.15, -0.1) is 0 Å².